The number of anilines is 1. The van der Waals surface area contributed by atoms with Crippen LogP contribution in [0.5, 0.6) is 0 Å². The van der Waals surface area contributed by atoms with Gasteiger partial charge in [0.05, 0.1) is 11.3 Å². The van der Waals surface area contributed by atoms with Crippen molar-refractivity contribution in [3.8, 4) is 0 Å². The number of thiophene rings is 1. The number of nitrogens with one attached hydrogen (secondary N) is 2. The molecule has 1 aromatic rings. The highest BCUT2D eigenvalue weighted by atomic mass is 32.2. The van der Waals surface area contributed by atoms with Crippen molar-refractivity contribution in [2.75, 3.05) is 17.6 Å². The van der Waals surface area contributed by atoms with Crippen molar-refractivity contribution in [3.63, 3.8) is 0 Å². The van der Waals surface area contributed by atoms with Crippen molar-refractivity contribution >= 4 is 38.4 Å². The second kappa shape index (κ2) is 6.20. The second-order valence-electron chi connectivity index (χ2n) is 4.04. The van der Waals surface area contributed by atoms with E-state index in [0.717, 1.165) is 16.2 Å². The molecule has 0 spiro atoms. The highest BCUT2D eigenvalue weighted by Crippen LogP contribution is 2.32. The lowest BCUT2D eigenvalue weighted by Crippen LogP contribution is -2.34. The molecule has 1 heterocycles. The van der Waals surface area contributed by atoms with E-state index in [1.807, 2.05) is 0 Å². The van der Waals surface area contributed by atoms with Crippen LogP contribution in [0.2, 0.25) is 0 Å². The average molecular weight is 321 g/mol. The quantitative estimate of drug-likeness (QED) is 0.624. The normalized spacial score (nSPS) is 11.2. The fraction of sp³-hybridized carbons (Fsp3) is 0.400. The molecule has 0 saturated carbocycles. The van der Waals surface area contributed by atoms with E-state index in [1.165, 1.54) is 0 Å². The van der Waals surface area contributed by atoms with E-state index in [1.54, 1.807) is 13.8 Å². The van der Waals surface area contributed by atoms with Crippen LogP contribution < -0.4 is 15.8 Å². The van der Waals surface area contributed by atoms with Crippen molar-refractivity contribution in [2.45, 2.75) is 13.8 Å². The Labute approximate surface area is 120 Å². The minimum atomic E-state index is -3.65. The molecule has 2 amide bonds. The Kier molecular flexibility index (Phi) is 5.09. The van der Waals surface area contributed by atoms with Crippen LogP contribution in [0.1, 0.15) is 20.8 Å². The van der Waals surface area contributed by atoms with Crippen molar-refractivity contribution in [1.82, 2.24) is 5.32 Å². The van der Waals surface area contributed by atoms with Gasteiger partial charge < -0.3 is 10.4 Å². The number of nitrogens with two attached hydrogens (primary N) is 1. The first-order valence-electron chi connectivity index (χ1n) is 5.50. The highest BCUT2D eigenvalue weighted by Gasteiger charge is 2.20. The van der Waals surface area contributed by atoms with Gasteiger partial charge >= 0.3 is 12.0 Å². The molecule has 1 rings (SSSR count). The van der Waals surface area contributed by atoms with E-state index in [0.29, 0.717) is 5.56 Å². The Balaban J connectivity index is 2.72. The molecule has 0 atom stereocenters. The fourth-order valence-electron chi connectivity index (χ4n) is 1.43. The number of hydrogen-bond donors (Lipinski definition) is 4. The zero-order valence-electron chi connectivity index (χ0n) is 10.9. The number of urea groups is 1. The van der Waals surface area contributed by atoms with Crippen molar-refractivity contribution < 1.29 is 23.1 Å². The van der Waals surface area contributed by atoms with Gasteiger partial charge in [0.2, 0.25) is 10.0 Å². The Hall–Kier alpha value is -1.65. The van der Waals surface area contributed by atoms with Crippen molar-refractivity contribution in [1.29, 1.82) is 0 Å². The standard InChI is InChI=1S/C10H15N3O5S2/c1-5-6(2)19-8(7(5)9(14)15)13-10(16)12-3-4-20(11,17)18/h3-4H2,1-2H3,(H,14,15)(H2,11,17,18)(H2,12,13,16). The fourth-order valence-corrected chi connectivity index (χ4v) is 2.86. The summed E-state index contributed by atoms with van der Waals surface area (Å²) in [5.74, 6) is -1.53. The summed E-state index contributed by atoms with van der Waals surface area (Å²) in [6, 6.07) is -0.683. The van der Waals surface area contributed by atoms with Crippen LogP contribution in [0.3, 0.4) is 0 Å². The first kappa shape index (κ1) is 16.4. The molecule has 1 aromatic heterocycles. The average Bonchev–Trinajstić information content (AvgIpc) is 2.52. The Morgan fingerprint density at radius 3 is 2.45 bits per heavy atom. The molecule has 0 saturated heterocycles. The van der Waals surface area contributed by atoms with E-state index in [4.69, 9.17) is 10.2 Å². The number of carbonyl (C=O) groups is 2. The van der Waals surface area contributed by atoms with E-state index in [-0.39, 0.29) is 17.1 Å². The Morgan fingerprint density at radius 1 is 1.35 bits per heavy atom. The van der Waals surface area contributed by atoms with Crippen LogP contribution in [-0.4, -0.2) is 37.8 Å². The molecular formula is C10H15N3O5S2. The summed E-state index contributed by atoms with van der Waals surface area (Å²) in [5.41, 5.74) is 0.622. The Bertz CT molecular complexity index is 636. The third kappa shape index (κ3) is 4.47. The smallest absolute Gasteiger partial charge is 0.338 e. The van der Waals surface area contributed by atoms with E-state index in [9.17, 15) is 18.0 Å². The molecule has 10 heteroatoms. The van der Waals surface area contributed by atoms with Gasteiger partial charge in [-0.15, -0.1) is 11.3 Å². The van der Waals surface area contributed by atoms with E-state index >= 15 is 0 Å². The van der Waals surface area contributed by atoms with Crippen LogP contribution in [0.15, 0.2) is 0 Å². The summed E-state index contributed by atoms with van der Waals surface area (Å²) in [4.78, 5) is 23.5. The SMILES string of the molecule is Cc1sc(NC(=O)NCCS(N)(=O)=O)c(C(=O)O)c1C. The van der Waals surface area contributed by atoms with Crippen molar-refractivity contribution in [2.24, 2.45) is 5.14 Å². The topological polar surface area (TPSA) is 139 Å². The van der Waals surface area contributed by atoms with Crippen molar-refractivity contribution in [3.05, 3.63) is 16.0 Å². The summed E-state index contributed by atoms with van der Waals surface area (Å²) in [7, 11) is -3.65. The number of carboxylic acids is 1. The molecule has 0 aliphatic carbocycles. The number of amides is 2. The van der Waals surface area contributed by atoms with Gasteiger partial charge in [0, 0.05) is 11.4 Å². The number of carbonyl (C=O) groups excluding carboxylic acids is 1. The molecule has 0 unspecified atom stereocenters. The van der Waals surface area contributed by atoms with Gasteiger partial charge in [-0.1, -0.05) is 0 Å². The summed E-state index contributed by atoms with van der Waals surface area (Å²) >= 11 is 1.14. The largest absolute Gasteiger partial charge is 0.478 e. The maximum Gasteiger partial charge on any atom is 0.338 e. The molecular weight excluding hydrogens is 306 g/mol. The zero-order chi connectivity index (χ0) is 15.5. The molecule has 0 fully saturated rings. The number of primary sulfonamides is 1. The molecule has 5 N–H and O–H groups in total. The monoisotopic (exact) mass is 321 g/mol. The minimum absolute atomic E-state index is 0.0362. The van der Waals surface area contributed by atoms with Gasteiger partial charge in [-0.05, 0) is 19.4 Å². The van der Waals surface area contributed by atoms with Crippen LogP contribution >= 0.6 is 11.3 Å². The second-order valence-corrected chi connectivity index (χ2v) is 7.00. The molecule has 8 nitrogen and oxygen atoms in total. The molecule has 0 aliphatic heterocycles. The third-order valence-electron chi connectivity index (χ3n) is 2.50. The zero-order valence-corrected chi connectivity index (χ0v) is 12.5. The summed E-state index contributed by atoms with van der Waals surface area (Å²) in [5, 5.41) is 18.8. The van der Waals surface area contributed by atoms with Gasteiger partial charge in [0.1, 0.15) is 5.00 Å². The molecule has 0 aliphatic rings. The summed E-state index contributed by atoms with van der Waals surface area (Å²) in [6.45, 7) is 3.24. The maximum atomic E-state index is 11.5. The lowest BCUT2D eigenvalue weighted by atomic mass is 10.1. The summed E-state index contributed by atoms with van der Waals surface area (Å²) < 4.78 is 21.4. The van der Waals surface area contributed by atoms with Crippen LogP contribution in [-0.2, 0) is 10.0 Å². The predicted molar refractivity (Wildman–Crippen MR) is 75.7 cm³/mol. The lowest BCUT2D eigenvalue weighted by Gasteiger charge is -2.06. The highest BCUT2D eigenvalue weighted by molar-refractivity contribution is 7.89. The van der Waals surface area contributed by atoms with Crippen LogP contribution in [0.4, 0.5) is 9.80 Å². The molecule has 0 bridgehead atoms. The van der Waals surface area contributed by atoms with Crippen LogP contribution in [0, 0.1) is 13.8 Å². The number of aromatic carboxylic acids is 1. The number of rotatable bonds is 5. The first-order chi connectivity index (χ1) is 9.11. The van der Waals surface area contributed by atoms with E-state index in [2.05, 4.69) is 10.6 Å². The Morgan fingerprint density at radius 2 is 1.95 bits per heavy atom. The van der Waals surface area contributed by atoms with Crippen LogP contribution in [0.25, 0.3) is 0 Å². The van der Waals surface area contributed by atoms with E-state index < -0.39 is 27.8 Å². The molecule has 0 radical (unpaired) electrons. The number of hydrogen-bond acceptors (Lipinski definition) is 5. The van der Waals surface area contributed by atoms with Gasteiger partial charge in [-0.2, -0.15) is 0 Å². The first-order valence-corrected chi connectivity index (χ1v) is 8.03. The van der Waals surface area contributed by atoms with Gasteiger partial charge in [-0.3, -0.25) is 5.32 Å². The maximum absolute atomic E-state index is 11.5. The molecule has 0 aromatic carbocycles. The number of carboxylic acid groups (broad SMARTS) is 1. The predicted octanol–water partition coefficient (Wildman–Crippen LogP) is 0.473. The molecule has 112 valence electrons. The molecule has 20 heavy (non-hydrogen) atoms. The minimum Gasteiger partial charge on any atom is -0.478 e. The van der Waals surface area contributed by atoms with Gasteiger partial charge in [-0.25, -0.2) is 23.1 Å². The lowest BCUT2D eigenvalue weighted by molar-refractivity contribution is 0.0697. The number of aryl methyl sites for hydroxylation is 1. The third-order valence-corrected chi connectivity index (χ3v) is 4.39. The summed E-state index contributed by atoms with van der Waals surface area (Å²) in [6.07, 6.45) is 0. The van der Waals surface area contributed by atoms with Gasteiger partial charge in [0.15, 0.2) is 0 Å². The number of sulfonamides is 1. The van der Waals surface area contributed by atoms with Gasteiger partial charge in [0.25, 0.3) is 0 Å².